The number of nitrogens with one attached hydrogen (secondary N) is 2. The van der Waals surface area contributed by atoms with Crippen LogP contribution in [0.1, 0.15) is 11.5 Å². The highest BCUT2D eigenvalue weighted by Gasteiger charge is 2.32. The molecule has 0 spiro atoms. The molecular weight excluding hydrogens is 406 g/mol. The van der Waals surface area contributed by atoms with E-state index in [1.54, 1.807) is 30.6 Å². The number of alkyl halides is 3. The van der Waals surface area contributed by atoms with E-state index in [-0.39, 0.29) is 11.3 Å². The van der Waals surface area contributed by atoms with Gasteiger partial charge in [0, 0.05) is 23.0 Å². The summed E-state index contributed by atoms with van der Waals surface area (Å²) >= 11 is 1.15. The second-order valence-electron chi connectivity index (χ2n) is 6.07. The van der Waals surface area contributed by atoms with Crippen LogP contribution in [0.25, 0.3) is 11.0 Å². The monoisotopic (exact) mass is 419 g/mol. The number of fused-ring (bicyclic) bond motifs is 1. The van der Waals surface area contributed by atoms with Gasteiger partial charge < -0.3 is 10.3 Å². The molecule has 3 heterocycles. The number of hydrogen-bond donors (Lipinski definition) is 2. The number of thioether (sulfide) groups is 1. The van der Waals surface area contributed by atoms with E-state index < -0.39 is 17.7 Å². The predicted octanol–water partition coefficient (Wildman–Crippen LogP) is 5.55. The van der Waals surface area contributed by atoms with Gasteiger partial charge in [0.15, 0.2) is 5.82 Å². The highest BCUT2D eigenvalue weighted by molar-refractivity contribution is 7.98. The van der Waals surface area contributed by atoms with Crippen LogP contribution in [0.5, 0.6) is 0 Å². The van der Waals surface area contributed by atoms with Crippen molar-refractivity contribution in [2.75, 3.05) is 5.32 Å². The molecule has 0 amide bonds. The molecule has 5 nitrogen and oxygen atoms in total. The molecule has 1 aromatic carbocycles. The molecule has 0 saturated heterocycles. The maximum atomic E-state index is 14.4. The Morgan fingerprint density at radius 2 is 1.93 bits per heavy atom. The Morgan fingerprint density at radius 3 is 2.69 bits per heavy atom. The molecule has 2 N–H and O–H groups in total. The lowest BCUT2D eigenvalue weighted by molar-refractivity contribution is -0.141. The van der Waals surface area contributed by atoms with Crippen LogP contribution in [0, 0.1) is 5.82 Å². The van der Waals surface area contributed by atoms with Crippen molar-refractivity contribution in [1.82, 2.24) is 19.9 Å². The van der Waals surface area contributed by atoms with Gasteiger partial charge in [-0.05, 0) is 36.4 Å². The zero-order valence-electron chi connectivity index (χ0n) is 14.7. The van der Waals surface area contributed by atoms with Crippen LogP contribution in [0.4, 0.5) is 28.9 Å². The number of pyridine rings is 2. The molecule has 148 valence electrons. The molecule has 0 saturated carbocycles. The maximum absolute atomic E-state index is 14.4. The third-order valence-corrected chi connectivity index (χ3v) is 4.94. The first-order chi connectivity index (χ1) is 13.9. The number of H-pyrrole nitrogens is 1. The first kappa shape index (κ1) is 19.2. The Kier molecular flexibility index (Phi) is 5.10. The summed E-state index contributed by atoms with van der Waals surface area (Å²) in [5.74, 6) is 0.193. The molecule has 0 aliphatic carbocycles. The molecule has 0 radical (unpaired) electrons. The average Bonchev–Trinajstić information content (AvgIpc) is 3.10. The van der Waals surface area contributed by atoms with Crippen molar-refractivity contribution in [3.05, 3.63) is 72.3 Å². The largest absolute Gasteiger partial charge is 0.433 e. The van der Waals surface area contributed by atoms with E-state index in [1.165, 1.54) is 12.1 Å². The fraction of sp³-hybridized carbons (Fsp3) is 0.105. The molecule has 0 fully saturated rings. The molecular formula is C19H13F4N5S. The van der Waals surface area contributed by atoms with Crippen LogP contribution < -0.4 is 5.32 Å². The number of hydrogen-bond acceptors (Lipinski definition) is 5. The molecule has 0 bridgehead atoms. The van der Waals surface area contributed by atoms with Gasteiger partial charge in [-0.15, -0.1) is 11.8 Å². The number of halogens is 4. The van der Waals surface area contributed by atoms with Gasteiger partial charge >= 0.3 is 6.18 Å². The van der Waals surface area contributed by atoms with Gasteiger partial charge in [-0.3, -0.25) is 9.97 Å². The number of rotatable bonds is 5. The third kappa shape index (κ3) is 4.48. The summed E-state index contributed by atoms with van der Waals surface area (Å²) in [6, 6.07) is 9.05. The zero-order valence-corrected chi connectivity index (χ0v) is 15.5. The van der Waals surface area contributed by atoms with Gasteiger partial charge in [-0.25, -0.2) is 9.37 Å². The summed E-state index contributed by atoms with van der Waals surface area (Å²) in [6.07, 6.45) is -0.147. The summed E-state index contributed by atoms with van der Waals surface area (Å²) in [6.45, 7) is 0. The van der Waals surface area contributed by atoms with Crippen molar-refractivity contribution in [2.45, 2.75) is 16.8 Å². The van der Waals surface area contributed by atoms with Gasteiger partial charge in [-0.1, -0.05) is 0 Å². The Balaban J connectivity index is 1.52. The van der Waals surface area contributed by atoms with Crippen LogP contribution in [0.15, 0.2) is 59.9 Å². The predicted molar refractivity (Wildman–Crippen MR) is 102 cm³/mol. The quantitative estimate of drug-likeness (QED) is 0.328. The summed E-state index contributed by atoms with van der Waals surface area (Å²) in [5.41, 5.74) is 0.930. The molecule has 4 aromatic rings. The van der Waals surface area contributed by atoms with Crippen molar-refractivity contribution in [3.8, 4) is 0 Å². The van der Waals surface area contributed by atoms with E-state index >= 15 is 0 Å². The van der Waals surface area contributed by atoms with Gasteiger partial charge in [0.1, 0.15) is 17.0 Å². The number of imidazole rings is 1. The molecule has 0 aliphatic heterocycles. The van der Waals surface area contributed by atoms with Gasteiger partial charge in [0.25, 0.3) is 0 Å². The molecule has 4 rings (SSSR count). The number of nitrogens with zero attached hydrogens (tertiary/aromatic N) is 3. The standard InChI is InChI=1S/C19H13F4N5S/c20-14-6-12(26-11-2-1-4-24-9-11)7-15-18(14)28-17(27-15)10-29-13-3-5-25-16(8-13)19(21,22)23/h1-9,26H,10H2,(H,27,28). The van der Waals surface area contributed by atoms with Gasteiger partial charge in [0.05, 0.1) is 23.2 Å². The third-order valence-electron chi connectivity index (χ3n) is 3.94. The number of aromatic amines is 1. The second kappa shape index (κ2) is 7.70. The average molecular weight is 419 g/mol. The van der Waals surface area contributed by atoms with Crippen LogP contribution in [-0.4, -0.2) is 19.9 Å². The zero-order chi connectivity index (χ0) is 20.4. The number of aromatic nitrogens is 4. The van der Waals surface area contributed by atoms with Crippen molar-refractivity contribution in [1.29, 1.82) is 0 Å². The van der Waals surface area contributed by atoms with Crippen molar-refractivity contribution in [3.63, 3.8) is 0 Å². The molecule has 10 heteroatoms. The van der Waals surface area contributed by atoms with E-state index in [0.29, 0.717) is 27.6 Å². The fourth-order valence-corrected chi connectivity index (χ4v) is 3.47. The van der Waals surface area contributed by atoms with E-state index in [0.717, 1.165) is 24.0 Å². The van der Waals surface area contributed by atoms with Gasteiger partial charge in [-0.2, -0.15) is 13.2 Å². The normalized spacial score (nSPS) is 11.7. The second-order valence-corrected chi connectivity index (χ2v) is 7.12. The highest BCUT2D eigenvalue weighted by Crippen LogP contribution is 2.31. The smallest absolute Gasteiger partial charge is 0.354 e. The Morgan fingerprint density at radius 1 is 1.07 bits per heavy atom. The lowest BCUT2D eigenvalue weighted by Crippen LogP contribution is -2.07. The lowest BCUT2D eigenvalue weighted by Gasteiger charge is -2.06. The SMILES string of the molecule is Fc1cc(Nc2cccnc2)cc2[nH]c(CSc3ccnc(C(F)(F)F)c3)nc12. The van der Waals surface area contributed by atoms with Crippen LogP contribution in [-0.2, 0) is 11.9 Å². The van der Waals surface area contributed by atoms with E-state index in [2.05, 4.69) is 25.3 Å². The summed E-state index contributed by atoms with van der Waals surface area (Å²) in [5, 5.41) is 3.06. The fourth-order valence-electron chi connectivity index (χ4n) is 2.68. The molecule has 0 aliphatic rings. The van der Waals surface area contributed by atoms with E-state index in [1.807, 2.05) is 0 Å². The van der Waals surface area contributed by atoms with Crippen LogP contribution in [0.3, 0.4) is 0 Å². The highest BCUT2D eigenvalue weighted by atomic mass is 32.2. The Bertz CT molecular complexity index is 1140. The minimum Gasteiger partial charge on any atom is -0.354 e. The van der Waals surface area contributed by atoms with Crippen molar-refractivity contribution in [2.24, 2.45) is 0 Å². The summed E-state index contributed by atoms with van der Waals surface area (Å²) < 4.78 is 52.7. The Hall–Kier alpha value is -3.14. The minimum absolute atomic E-state index is 0.169. The summed E-state index contributed by atoms with van der Waals surface area (Å²) in [4.78, 5) is 14.9. The van der Waals surface area contributed by atoms with Crippen LogP contribution >= 0.6 is 11.8 Å². The lowest BCUT2D eigenvalue weighted by atomic mass is 10.2. The molecule has 0 atom stereocenters. The first-order valence-corrected chi connectivity index (χ1v) is 9.38. The molecule has 0 unspecified atom stereocenters. The van der Waals surface area contributed by atoms with E-state index in [4.69, 9.17) is 0 Å². The first-order valence-electron chi connectivity index (χ1n) is 8.40. The molecule has 29 heavy (non-hydrogen) atoms. The number of benzene rings is 1. The maximum Gasteiger partial charge on any atom is 0.433 e. The van der Waals surface area contributed by atoms with Crippen molar-refractivity contribution >= 4 is 34.2 Å². The van der Waals surface area contributed by atoms with Crippen LogP contribution in [0.2, 0.25) is 0 Å². The minimum atomic E-state index is -4.50. The summed E-state index contributed by atoms with van der Waals surface area (Å²) in [7, 11) is 0. The van der Waals surface area contributed by atoms with Gasteiger partial charge in [0.2, 0.25) is 0 Å². The van der Waals surface area contributed by atoms with E-state index in [9.17, 15) is 17.6 Å². The molecule has 3 aromatic heterocycles. The van der Waals surface area contributed by atoms with Crippen molar-refractivity contribution < 1.29 is 17.6 Å². The Labute approximate surface area is 166 Å². The topological polar surface area (TPSA) is 66.5 Å². The number of anilines is 2.